The minimum Gasteiger partial charge on any atom is -0.360 e. The second kappa shape index (κ2) is 5.84. The van der Waals surface area contributed by atoms with E-state index in [1.54, 1.807) is 6.20 Å². The molecule has 5 rings (SSSR count). The van der Waals surface area contributed by atoms with Gasteiger partial charge in [-0.3, -0.25) is 4.79 Å². The van der Waals surface area contributed by atoms with Gasteiger partial charge in [0.1, 0.15) is 0 Å². The number of H-pyrrole nitrogens is 1. The Balaban J connectivity index is 1.30. The van der Waals surface area contributed by atoms with Gasteiger partial charge in [0.05, 0.1) is 11.5 Å². The molecule has 1 aliphatic rings. The maximum absolute atomic E-state index is 12.7. The average molecular weight is 344 g/mol. The number of aromatic amines is 1. The van der Waals surface area contributed by atoms with Crippen LogP contribution in [0.4, 0.5) is 0 Å². The predicted octanol–water partition coefficient (Wildman–Crippen LogP) is 3.46. The first-order valence-electron chi connectivity index (χ1n) is 8.54. The van der Waals surface area contributed by atoms with Gasteiger partial charge in [-0.1, -0.05) is 53.7 Å². The molecule has 26 heavy (non-hydrogen) atoms. The van der Waals surface area contributed by atoms with Crippen LogP contribution in [-0.2, 0) is 0 Å². The third kappa shape index (κ3) is 2.38. The quantitative estimate of drug-likeness (QED) is 0.617. The Labute approximate surface area is 149 Å². The number of rotatable bonds is 3. The number of carbonyl (C=O) groups excluding carboxylic acids is 1. The largest absolute Gasteiger partial charge is 0.360 e. The molecule has 6 nitrogen and oxygen atoms in total. The molecule has 0 aliphatic carbocycles. The predicted molar refractivity (Wildman–Crippen MR) is 96.7 cm³/mol. The van der Waals surface area contributed by atoms with Crippen LogP contribution in [0, 0.1) is 0 Å². The lowest BCUT2D eigenvalue weighted by atomic mass is 9.98. The second-order valence-electron chi connectivity index (χ2n) is 6.48. The molecule has 2 aromatic heterocycles. The topological polar surface area (TPSA) is 75.0 Å². The summed E-state index contributed by atoms with van der Waals surface area (Å²) in [7, 11) is 0. The smallest absolute Gasteiger partial charge is 0.256 e. The van der Waals surface area contributed by atoms with Crippen molar-refractivity contribution in [1.82, 2.24) is 20.0 Å². The zero-order chi connectivity index (χ0) is 17.5. The summed E-state index contributed by atoms with van der Waals surface area (Å²) in [5.41, 5.74) is 2.60. The third-order valence-electron chi connectivity index (χ3n) is 4.81. The summed E-state index contributed by atoms with van der Waals surface area (Å²) in [5, 5.41) is 5.00. The molecule has 0 radical (unpaired) electrons. The number of fused-ring (bicyclic) bond motifs is 1. The highest BCUT2D eigenvalue weighted by atomic mass is 16.5. The van der Waals surface area contributed by atoms with Gasteiger partial charge in [-0.05, 0) is 6.07 Å². The van der Waals surface area contributed by atoms with Crippen molar-refractivity contribution in [3.05, 3.63) is 72.2 Å². The van der Waals surface area contributed by atoms with Crippen molar-refractivity contribution in [1.29, 1.82) is 0 Å². The Morgan fingerprint density at radius 3 is 2.69 bits per heavy atom. The first kappa shape index (κ1) is 14.9. The summed E-state index contributed by atoms with van der Waals surface area (Å²) in [6.07, 6.45) is 1.78. The van der Waals surface area contributed by atoms with Crippen LogP contribution in [0.2, 0.25) is 0 Å². The number of benzene rings is 2. The molecule has 0 atom stereocenters. The van der Waals surface area contributed by atoms with E-state index in [0.717, 1.165) is 16.5 Å². The van der Waals surface area contributed by atoms with Crippen LogP contribution in [0.3, 0.4) is 0 Å². The Hall–Kier alpha value is -3.41. The molecule has 2 aromatic carbocycles. The van der Waals surface area contributed by atoms with E-state index >= 15 is 0 Å². The molecular formula is C20H16N4O2. The maximum atomic E-state index is 12.7. The van der Waals surface area contributed by atoms with Crippen molar-refractivity contribution in [2.45, 2.75) is 5.92 Å². The number of hydrogen-bond donors (Lipinski definition) is 1. The number of hydrogen-bond acceptors (Lipinski definition) is 4. The van der Waals surface area contributed by atoms with Crippen LogP contribution in [0.15, 0.2) is 65.3 Å². The van der Waals surface area contributed by atoms with E-state index < -0.39 is 0 Å². The number of para-hydroxylation sites is 1. The van der Waals surface area contributed by atoms with Gasteiger partial charge in [-0.25, -0.2) is 0 Å². The summed E-state index contributed by atoms with van der Waals surface area (Å²) in [5.74, 6) is 1.30. The number of amides is 1. The highest BCUT2D eigenvalue weighted by Gasteiger charge is 2.36. The molecule has 128 valence electrons. The number of carbonyl (C=O) groups is 1. The van der Waals surface area contributed by atoms with Crippen molar-refractivity contribution in [3.8, 4) is 11.4 Å². The summed E-state index contributed by atoms with van der Waals surface area (Å²) in [6, 6.07) is 17.5. The van der Waals surface area contributed by atoms with Crippen molar-refractivity contribution < 1.29 is 9.32 Å². The standard InChI is InChI=1S/C20H16N4O2/c25-20(16-10-21-17-9-5-4-8-15(16)17)24-11-14(12-24)19-22-18(23-26-19)13-6-2-1-3-7-13/h1-10,14,21H,11-12H2. The van der Waals surface area contributed by atoms with Gasteiger partial charge in [-0.2, -0.15) is 4.98 Å². The summed E-state index contributed by atoms with van der Waals surface area (Å²) in [6.45, 7) is 1.18. The molecule has 6 heteroatoms. The Kier molecular flexibility index (Phi) is 3.35. The molecule has 1 saturated heterocycles. The molecule has 0 saturated carbocycles. The molecule has 1 N–H and O–H groups in total. The average Bonchev–Trinajstić information content (AvgIpc) is 3.28. The van der Waals surface area contributed by atoms with Crippen molar-refractivity contribution in [2.75, 3.05) is 13.1 Å². The normalized spacial score (nSPS) is 14.5. The molecular weight excluding hydrogens is 328 g/mol. The van der Waals surface area contributed by atoms with E-state index in [1.807, 2.05) is 59.5 Å². The summed E-state index contributed by atoms with van der Waals surface area (Å²) >= 11 is 0. The Bertz CT molecular complexity index is 1080. The minimum absolute atomic E-state index is 0.0292. The van der Waals surface area contributed by atoms with Gasteiger partial charge < -0.3 is 14.4 Å². The van der Waals surface area contributed by atoms with Gasteiger partial charge in [0.15, 0.2) is 0 Å². The first-order chi connectivity index (χ1) is 12.8. The number of likely N-dealkylation sites (tertiary alicyclic amines) is 1. The van der Waals surface area contributed by atoms with E-state index in [0.29, 0.717) is 30.4 Å². The molecule has 1 fully saturated rings. The lowest BCUT2D eigenvalue weighted by Crippen LogP contribution is -2.48. The van der Waals surface area contributed by atoms with Crippen LogP contribution in [0.25, 0.3) is 22.3 Å². The lowest BCUT2D eigenvalue weighted by molar-refractivity contribution is 0.0571. The highest BCUT2D eigenvalue weighted by Crippen LogP contribution is 2.30. The van der Waals surface area contributed by atoms with Gasteiger partial charge in [0.25, 0.3) is 5.91 Å². The summed E-state index contributed by atoms with van der Waals surface area (Å²) < 4.78 is 5.41. The maximum Gasteiger partial charge on any atom is 0.256 e. The number of aromatic nitrogens is 3. The molecule has 4 aromatic rings. The summed E-state index contributed by atoms with van der Waals surface area (Å²) in [4.78, 5) is 22.2. The van der Waals surface area contributed by atoms with Crippen molar-refractivity contribution in [2.24, 2.45) is 0 Å². The second-order valence-corrected chi connectivity index (χ2v) is 6.48. The van der Waals surface area contributed by atoms with Crippen LogP contribution in [0.1, 0.15) is 22.2 Å². The molecule has 1 amide bonds. The first-order valence-corrected chi connectivity index (χ1v) is 8.54. The fourth-order valence-corrected chi connectivity index (χ4v) is 3.32. The van der Waals surface area contributed by atoms with Crippen LogP contribution in [-0.4, -0.2) is 39.0 Å². The van der Waals surface area contributed by atoms with Crippen LogP contribution >= 0.6 is 0 Å². The minimum atomic E-state index is 0.0292. The fourth-order valence-electron chi connectivity index (χ4n) is 3.32. The van der Waals surface area contributed by atoms with Crippen molar-refractivity contribution in [3.63, 3.8) is 0 Å². The van der Waals surface area contributed by atoms with Gasteiger partial charge in [0.2, 0.25) is 11.7 Å². The van der Waals surface area contributed by atoms with Crippen LogP contribution in [0.5, 0.6) is 0 Å². The van der Waals surface area contributed by atoms with E-state index in [2.05, 4.69) is 15.1 Å². The zero-order valence-corrected chi connectivity index (χ0v) is 13.9. The van der Waals surface area contributed by atoms with E-state index in [9.17, 15) is 4.79 Å². The SMILES string of the molecule is O=C(c1c[nH]c2ccccc12)N1CC(c2nc(-c3ccccc3)no2)C1. The van der Waals surface area contributed by atoms with Crippen molar-refractivity contribution >= 4 is 16.8 Å². The monoisotopic (exact) mass is 344 g/mol. The highest BCUT2D eigenvalue weighted by molar-refractivity contribution is 6.07. The van der Waals surface area contributed by atoms with Crippen LogP contribution < -0.4 is 0 Å². The van der Waals surface area contributed by atoms with E-state index in [1.165, 1.54) is 0 Å². The fraction of sp³-hybridized carbons (Fsp3) is 0.150. The van der Waals surface area contributed by atoms with E-state index in [4.69, 9.17) is 4.52 Å². The molecule has 0 spiro atoms. The molecule has 1 aliphatic heterocycles. The molecule has 3 heterocycles. The lowest BCUT2D eigenvalue weighted by Gasteiger charge is -2.36. The number of nitrogens with one attached hydrogen (secondary N) is 1. The third-order valence-corrected chi connectivity index (χ3v) is 4.81. The Morgan fingerprint density at radius 2 is 1.85 bits per heavy atom. The van der Waals surface area contributed by atoms with Gasteiger partial charge in [-0.15, -0.1) is 0 Å². The molecule has 0 bridgehead atoms. The number of nitrogens with zero attached hydrogens (tertiary/aromatic N) is 3. The Morgan fingerprint density at radius 1 is 1.08 bits per heavy atom. The van der Waals surface area contributed by atoms with Gasteiger partial charge >= 0.3 is 0 Å². The molecule has 0 unspecified atom stereocenters. The van der Waals surface area contributed by atoms with E-state index in [-0.39, 0.29) is 11.8 Å². The zero-order valence-electron chi connectivity index (χ0n) is 13.9. The van der Waals surface area contributed by atoms with Gasteiger partial charge in [0, 0.05) is 35.8 Å².